The molecule has 0 amide bonds. The van der Waals surface area contributed by atoms with Crippen LogP contribution in [-0.2, 0) is 0 Å². The lowest BCUT2D eigenvalue weighted by atomic mass is 9.71. The van der Waals surface area contributed by atoms with Gasteiger partial charge < -0.3 is 20.7 Å². The highest BCUT2D eigenvalue weighted by atomic mass is 16.4. The summed E-state index contributed by atoms with van der Waals surface area (Å²) >= 11 is 0. The zero-order valence-electron chi connectivity index (χ0n) is 20.8. The van der Waals surface area contributed by atoms with Crippen LogP contribution in [0, 0.1) is 34.5 Å². The molecule has 2 fully saturated rings. The topological polar surface area (TPSA) is 126 Å². The van der Waals surface area contributed by atoms with Gasteiger partial charge in [0, 0.05) is 53.6 Å². The maximum atomic E-state index is 12.0. The number of aromatic nitrogens is 2. The number of carbonyl (C=O) groups is 1. The Bertz CT molecular complexity index is 1340. The zero-order chi connectivity index (χ0) is 25.9. The molecule has 1 aliphatic carbocycles. The number of nitrogens with zero attached hydrogens (tertiary/aromatic N) is 4. The standard InChI is InChI=1S/C29H30N6O2/c1-18-13-21(14-18)27(31)26-23(15-24(29(36)37)34-28(26)33-22-5-3-2-4-6-22)20-7-8-25(32-17-20)35-11-9-19(16-30)10-12-35/h2-8,15,17-19,21,31H,9-14H2,1H3,(H,33,34)(H,36,37). The first-order valence-electron chi connectivity index (χ1n) is 12.7. The van der Waals surface area contributed by atoms with E-state index in [1.54, 1.807) is 12.3 Å². The Kier molecular flexibility index (Phi) is 6.87. The first kappa shape index (κ1) is 24.4. The molecule has 0 atom stereocenters. The SMILES string of the molecule is CC1CC(C(=N)c2c(-c3ccc(N4CCC(C#N)CC4)nc3)cc(C(=O)O)nc2Nc2ccccc2)C1. The van der Waals surface area contributed by atoms with Crippen LogP contribution in [-0.4, -0.2) is 39.8 Å². The minimum atomic E-state index is -1.13. The van der Waals surface area contributed by atoms with Gasteiger partial charge >= 0.3 is 5.97 Å². The summed E-state index contributed by atoms with van der Waals surface area (Å²) < 4.78 is 0. The van der Waals surface area contributed by atoms with E-state index in [-0.39, 0.29) is 17.5 Å². The molecule has 8 nitrogen and oxygen atoms in total. The van der Waals surface area contributed by atoms with Gasteiger partial charge in [0.05, 0.1) is 6.07 Å². The van der Waals surface area contributed by atoms with Crippen LogP contribution in [0.25, 0.3) is 11.1 Å². The van der Waals surface area contributed by atoms with Gasteiger partial charge in [-0.3, -0.25) is 0 Å². The molecule has 0 bridgehead atoms. The van der Waals surface area contributed by atoms with E-state index in [1.807, 2.05) is 42.5 Å². The maximum absolute atomic E-state index is 12.0. The molecule has 1 aromatic carbocycles. The molecule has 2 aromatic heterocycles. The molecular weight excluding hydrogens is 464 g/mol. The normalized spacial score (nSPS) is 19.5. The van der Waals surface area contributed by atoms with E-state index >= 15 is 0 Å². The Morgan fingerprint density at radius 1 is 1.16 bits per heavy atom. The lowest BCUT2D eigenvalue weighted by Crippen LogP contribution is -2.33. The molecule has 1 saturated carbocycles. The number of nitriles is 1. The van der Waals surface area contributed by atoms with Crippen LogP contribution in [0.4, 0.5) is 17.3 Å². The molecular formula is C29H30N6O2. The molecule has 0 unspecified atom stereocenters. The first-order chi connectivity index (χ1) is 17.9. The monoisotopic (exact) mass is 494 g/mol. The molecule has 8 heteroatoms. The lowest BCUT2D eigenvalue weighted by Gasteiger charge is -2.34. The van der Waals surface area contributed by atoms with E-state index in [0.717, 1.165) is 55.8 Å². The number of carboxylic acid groups (broad SMARTS) is 1. The van der Waals surface area contributed by atoms with Crippen molar-refractivity contribution in [3.63, 3.8) is 0 Å². The number of rotatable bonds is 7. The van der Waals surface area contributed by atoms with E-state index in [0.29, 0.717) is 28.6 Å². The van der Waals surface area contributed by atoms with E-state index < -0.39 is 5.97 Å². The maximum Gasteiger partial charge on any atom is 0.354 e. The van der Waals surface area contributed by atoms with Gasteiger partial charge in [-0.1, -0.05) is 25.1 Å². The number of para-hydroxylation sites is 1. The fourth-order valence-electron chi connectivity index (χ4n) is 5.22. The van der Waals surface area contributed by atoms with Crippen molar-refractivity contribution in [1.82, 2.24) is 9.97 Å². The summed E-state index contributed by atoms with van der Waals surface area (Å²) in [5.74, 6) is 0.846. The number of benzene rings is 1. The Morgan fingerprint density at radius 3 is 2.49 bits per heavy atom. The zero-order valence-corrected chi connectivity index (χ0v) is 20.8. The highest BCUT2D eigenvalue weighted by Gasteiger charge is 2.33. The van der Waals surface area contributed by atoms with Crippen molar-refractivity contribution in [3.05, 3.63) is 66.0 Å². The molecule has 2 aliphatic rings. The third-order valence-electron chi connectivity index (χ3n) is 7.39. The van der Waals surface area contributed by atoms with Crippen molar-refractivity contribution < 1.29 is 9.90 Å². The van der Waals surface area contributed by atoms with Gasteiger partial charge in [-0.25, -0.2) is 14.8 Å². The third-order valence-corrected chi connectivity index (χ3v) is 7.39. The Labute approximate surface area is 216 Å². The van der Waals surface area contributed by atoms with Gasteiger partial charge in [0.25, 0.3) is 0 Å². The van der Waals surface area contributed by atoms with Gasteiger partial charge in [0.15, 0.2) is 5.69 Å². The van der Waals surface area contributed by atoms with Crippen LogP contribution < -0.4 is 10.2 Å². The van der Waals surface area contributed by atoms with Gasteiger partial charge in [-0.15, -0.1) is 0 Å². The van der Waals surface area contributed by atoms with E-state index in [2.05, 4.69) is 28.2 Å². The average molecular weight is 495 g/mol. The third kappa shape index (κ3) is 5.17. The Morgan fingerprint density at radius 2 is 1.89 bits per heavy atom. The second kappa shape index (κ2) is 10.4. The van der Waals surface area contributed by atoms with E-state index in [1.165, 1.54) is 0 Å². The summed E-state index contributed by atoms with van der Waals surface area (Å²) in [5.41, 5.74) is 3.15. The number of nitrogens with one attached hydrogen (secondary N) is 2. The molecule has 0 spiro atoms. The quantitative estimate of drug-likeness (QED) is 0.358. The van der Waals surface area contributed by atoms with Gasteiger partial charge in [-0.05, 0) is 67.5 Å². The van der Waals surface area contributed by atoms with Crippen LogP contribution in [0.1, 0.15) is 48.7 Å². The van der Waals surface area contributed by atoms with Crippen molar-refractivity contribution in [2.45, 2.75) is 32.6 Å². The van der Waals surface area contributed by atoms with Crippen molar-refractivity contribution in [1.29, 1.82) is 10.7 Å². The predicted octanol–water partition coefficient (Wildman–Crippen LogP) is 5.74. The molecule has 188 valence electrons. The predicted molar refractivity (Wildman–Crippen MR) is 143 cm³/mol. The molecule has 3 N–H and O–H groups in total. The minimum Gasteiger partial charge on any atom is -0.477 e. The molecule has 0 radical (unpaired) electrons. The summed E-state index contributed by atoms with van der Waals surface area (Å²) in [7, 11) is 0. The molecule has 3 heterocycles. The number of anilines is 3. The van der Waals surface area contributed by atoms with Crippen molar-refractivity contribution in [2.75, 3.05) is 23.3 Å². The van der Waals surface area contributed by atoms with Gasteiger partial charge in [0.2, 0.25) is 0 Å². The van der Waals surface area contributed by atoms with E-state index in [4.69, 9.17) is 10.4 Å². The number of aromatic carboxylic acids is 1. The van der Waals surface area contributed by atoms with Gasteiger partial charge in [-0.2, -0.15) is 5.26 Å². The second-order valence-corrected chi connectivity index (χ2v) is 10.1. The van der Waals surface area contributed by atoms with Gasteiger partial charge in [0.1, 0.15) is 11.6 Å². The highest BCUT2D eigenvalue weighted by molar-refractivity contribution is 6.10. The fourth-order valence-corrected chi connectivity index (χ4v) is 5.22. The molecule has 1 aliphatic heterocycles. The van der Waals surface area contributed by atoms with Crippen LogP contribution >= 0.6 is 0 Å². The summed E-state index contributed by atoms with van der Waals surface area (Å²) in [5, 5.41) is 31.4. The summed E-state index contributed by atoms with van der Waals surface area (Å²) in [6.45, 7) is 3.75. The molecule has 5 rings (SSSR count). The van der Waals surface area contributed by atoms with E-state index in [9.17, 15) is 15.2 Å². The Hall–Kier alpha value is -4.25. The number of hydrogen-bond donors (Lipinski definition) is 3. The lowest BCUT2D eigenvalue weighted by molar-refractivity contribution is 0.0690. The highest BCUT2D eigenvalue weighted by Crippen LogP contribution is 2.40. The molecule has 1 saturated heterocycles. The molecule has 3 aromatic rings. The van der Waals surface area contributed by atoms with Crippen LogP contribution in [0.15, 0.2) is 54.7 Å². The smallest absolute Gasteiger partial charge is 0.354 e. The summed E-state index contributed by atoms with van der Waals surface area (Å²) in [6, 6.07) is 17.3. The Balaban J connectivity index is 1.55. The van der Waals surface area contributed by atoms with Crippen LogP contribution in [0.2, 0.25) is 0 Å². The van der Waals surface area contributed by atoms with Crippen LogP contribution in [0.3, 0.4) is 0 Å². The van der Waals surface area contributed by atoms with Crippen LogP contribution in [0.5, 0.6) is 0 Å². The minimum absolute atomic E-state index is 0.0883. The number of hydrogen-bond acceptors (Lipinski definition) is 7. The van der Waals surface area contributed by atoms with Crippen molar-refractivity contribution in [3.8, 4) is 17.2 Å². The summed E-state index contributed by atoms with van der Waals surface area (Å²) in [4.78, 5) is 23.3. The number of pyridine rings is 2. The largest absolute Gasteiger partial charge is 0.477 e. The molecule has 37 heavy (non-hydrogen) atoms. The fraction of sp³-hybridized carbons (Fsp3) is 0.345. The second-order valence-electron chi connectivity index (χ2n) is 10.1. The first-order valence-corrected chi connectivity index (χ1v) is 12.7. The van der Waals surface area contributed by atoms with Crippen molar-refractivity contribution in [2.24, 2.45) is 17.8 Å². The number of piperidine rings is 1. The number of carboxylic acids is 1. The summed E-state index contributed by atoms with van der Waals surface area (Å²) in [6.07, 6.45) is 5.25. The average Bonchev–Trinajstić information content (AvgIpc) is 2.91. The van der Waals surface area contributed by atoms with Crippen molar-refractivity contribution >= 4 is 29.0 Å².